The van der Waals surface area contributed by atoms with E-state index in [1.165, 1.54) is 0 Å². The molecule has 0 saturated carbocycles. The number of nitrogens with one attached hydrogen (secondary N) is 1. The van der Waals surface area contributed by atoms with E-state index in [0.717, 1.165) is 11.3 Å². The lowest BCUT2D eigenvalue weighted by molar-refractivity contribution is 0.0698. The zero-order chi connectivity index (χ0) is 15.3. The number of rotatable bonds is 7. The van der Waals surface area contributed by atoms with Gasteiger partial charge in [-0.3, -0.25) is 0 Å². The van der Waals surface area contributed by atoms with Crippen LogP contribution in [0.3, 0.4) is 0 Å². The molecule has 5 heteroatoms. The fraction of sp³-hybridized carbons (Fsp3) is 0.533. The van der Waals surface area contributed by atoms with E-state index in [2.05, 4.69) is 19.2 Å². The van der Waals surface area contributed by atoms with Crippen molar-refractivity contribution in [1.82, 2.24) is 0 Å². The van der Waals surface area contributed by atoms with E-state index in [1.54, 1.807) is 13.0 Å². The second-order valence-electron chi connectivity index (χ2n) is 5.21. The standard InChI is InChI=1S/C15H24N2O3/c1-5-20-8-13(9(2)3)17-11-6-10(4)14(16)12(7-11)15(18)19/h6-7,9,13,17H,5,8,16H2,1-4H3,(H,18,19). The van der Waals surface area contributed by atoms with E-state index in [1.807, 2.05) is 13.0 Å². The number of nitrogens with two attached hydrogens (primary N) is 1. The SMILES string of the molecule is CCOCC(Nc1cc(C)c(N)c(C(=O)O)c1)C(C)C. The Kier molecular flexibility index (Phi) is 5.82. The van der Waals surface area contributed by atoms with Crippen LogP contribution < -0.4 is 11.1 Å². The van der Waals surface area contributed by atoms with Crippen LogP contribution in [-0.2, 0) is 4.74 Å². The zero-order valence-electron chi connectivity index (χ0n) is 12.6. The molecule has 0 aromatic heterocycles. The fourth-order valence-electron chi connectivity index (χ4n) is 1.92. The maximum Gasteiger partial charge on any atom is 0.337 e. The van der Waals surface area contributed by atoms with Crippen molar-refractivity contribution in [2.45, 2.75) is 33.7 Å². The first-order chi connectivity index (χ1) is 9.36. The van der Waals surface area contributed by atoms with Crippen molar-refractivity contribution in [3.8, 4) is 0 Å². The van der Waals surface area contributed by atoms with Crippen molar-refractivity contribution in [1.29, 1.82) is 0 Å². The Morgan fingerprint density at radius 3 is 2.60 bits per heavy atom. The van der Waals surface area contributed by atoms with Gasteiger partial charge < -0.3 is 20.9 Å². The molecule has 4 N–H and O–H groups in total. The topological polar surface area (TPSA) is 84.6 Å². The summed E-state index contributed by atoms with van der Waals surface area (Å²) in [7, 11) is 0. The second kappa shape index (κ2) is 7.14. The first-order valence-corrected chi connectivity index (χ1v) is 6.84. The third-order valence-corrected chi connectivity index (χ3v) is 3.28. The largest absolute Gasteiger partial charge is 0.478 e. The Bertz CT molecular complexity index is 472. The summed E-state index contributed by atoms with van der Waals surface area (Å²) in [5.74, 6) is -0.646. The summed E-state index contributed by atoms with van der Waals surface area (Å²) < 4.78 is 5.46. The van der Waals surface area contributed by atoms with Gasteiger partial charge in [-0.1, -0.05) is 13.8 Å². The predicted octanol–water partition coefficient (Wildman–Crippen LogP) is 2.75. The summed E-state index contributed by atoms with van der Waals surface area (Å²) in [6, 6.07) is 3.56. The van der Waals surface area contributed by atoms with E-state index >= 15 is 0 Å². The third-order valence-electron chi connectivity index (χ3n) is 3.28. The molecule has 0 aliphatic heterocycles. The molecule has 0 bridgehead atoms. The van der Waals surface area contributed by atoms with E-state index in [0.29, 0.717) is 24.8 Å². The summed E-state index contributed by atoms with van der Waals surface area (Å²) in [4.78, 5) is 11.2. The molecule has 5 nitrogen and oxygen atoms in total. The molecule has 0 fully saturated rings. The lowest BCUT2D eigenvalue weighted by Gasteiger charge is -2.24. The van der Waals surface area contributed by atoms with Gasteiger partial charge in [0, 0.05) is 18.0 Å². The Morgan fingerprint density at radius 2 is 2.10 bits per heavy atom. The molecule has 0 heterocycles. The number of carbonyl (C=O) groups is 1. The van der Waals surface area contributed by atoms with Crippen molar-refractivity contribution in [2.75, 3.05) is 24.3 Å². The summed E-state index contributed by atoms with van der Waals surface area (Å²) >= 11 is 0. The van der Waals surface area contributed by atoms with Crippen LogP contribution in [0.4, 0.5) is 11.4 Å². The molecule has 20 heavy (non-hydrogen) atoms. The molecular formula is C15H24N2O3. The van der Waals surface area contributed by atoms with E-state index in [-0.39, 0.29) is 11.6 Å². The number of aromatic carboxylic acids is 1. The lowest BCUT2D eigenvalue weighted by Crippen LogP contribution is -2.31. The van der Waals surface area contributed by atoms with Crippen molar-refractivity contribution in [3.05, 3.63) is 23.3 Å². The monoisotopic (exact) mass is 280 g/mol. The van der Waals surface area contributed by atoms with Crippen molar-refractivity contribution >= 4 is 17.3 Å². The molecule has 1 rings (SSSR count). The first-order valence-electron chi connectivity index (χ1n) is 6.84. The molecule has 1 unspecified atom stereocenters. The normalized spacial score (nSPS) is 12.4. The van der Waals surface area contributed by atoms with E-state index in [9.17, 15) is 4.79 Å². The number of aryl methyl sites for hydroxylation is 1. The number of nitrogen functional groups attached to an aromatic ring is 1. The van der Waals surface area contributed by atoms with Crippen molar-refractivity contribution in [3.63, 3.8) is 0 Å². The highest BCUT2D eigenvalue weighted by molar-refractivity contribution is 5.95. The highest BCUT2D eigenvalue weighted by atomic mass is 16.5. The zero-order valence-corrected chi connectivity index (χ0v) is 12.6. The number of carboxylic acid groups (broad SMARTS) is 1. The summed E-state index contributed by atoms with van der Waals surface area (Å²) in [6.45, 7) is 9.19. The van der Waals surface area contributed by atoms with Crippen LogP contribution in [0, 0.1) is 12.8 Å². The van der Waals surface area contributed by atoms with Crippen LogP contribution in [0.15, 0.2) is 12.1 Å². The smallest absolute Gasteiger partial charge is 0.337 e. The molecule has 0 aliphatic carbocycles. The highest BCUT2D eigenvalue weighted by Gasteiger charge is 2.16. The number of carboxylic acids is 1. The van der Waals surface area contributed by atoms with Gasteiger partial charge in [0.05, 0.1) is 18.2 Å². The van der Waals surface area contributed by atoms with Gasteiger partial charge in [0.2, 0.25) is 0 Å². The first kappa shape index (κ1) is 16.3. The number of benzene rings is 1. The average Bonchev–Trinajstić information content (AvgIpc) is 2.37. The third kappa shape index (κ3) is 4.13. The molecule has 1 aromatic carbocycles. The molecule has 0 radical (unpaired) electrons. The molecule has 0 saturated heterocycles. The number of hydrogen-bond acceptors (Lipinski definition) is 4. The number of hydrogen-bond donors (Lipinski definition) is 3. The Morgan fingerprint density at radius 1 is 1.45 bits per heavy atom. The highest BCUT2D eigenvalue weighted by Crippen LogP contribution is 2.24. The van der Waals surface area contributed by atoms with E-state index in [4.69, 9.17) is 15.6 Å². The lowest BCUT2D eigenvalue weighted by atomic mass is 10.0. The van der Waals surface area contributed by atoms with Crippen LogP contribution >= 0.6 is 0 Å². The summed E-state index contributed by atoms with van der Waals surface area (Å²) in [5, 5.41) is 12.5. The van der Waals surface area contributed by atoms with Gasteiger partial charge in [0.25, 0.3) is 0 Å². The van der Waals surface area contributed by atoms with Gasteiger partial charge in [-0.2, -0.15) is 0 Å². The summed E-state index contributed by atoms with van der Waals surface area (Å²) in [5.41, 5.74) is 7.75. The Hall–Kier alpha value is -1.75. The van der Waals surface area contributed by atoms with Crippen molar-refractivity contribution in [2.24, 2.45) is 5.92 Å². The van der Waals surface area contributed by atoms with Crippen molar-refractivity contribution < 1.29 is 14.6 Å². The van der Waals surface area contributed by atoms with Crippen LogP contribution in [0.5, 0.6) is 0 Å². The van der Waals surface area contributed by atoms with Crippen LogP contribution in [0.1, 0.15) is 36.7 Å². The molecule has 1 atom stereocenters. The van der Waals surface area contributed by atoms with E-state index < -0.39 is 5.97 Å². The maximum absolute atomic E-state index is 11.2. The Balaban J connectivity index is 2.98. The quantitative estimate of drug-likeness (QED) is 0.669. The van der Waals surface area contributed by atoms with Gasteiger partial charge >= 0.3 is 5.97 Å². The minimum atomic E-state index is -1.01. The number of anilines is 2. The summed E-state index contributed by atoms with van der Waals surface area (Å²) in [6.07, 6.45) is 0. The molecule has 1 aromatic rings. The molecule has 0 amide bonds. The van der Waals surface area contributed by atoms with Gasteiger partial charge in [0.1, 0.15) is 0 Å². The molecule has 0 spiro atoms. The van der Waals surface area contributed by atoms with Crippen LogP contribution in [0.25, 0.3) is 0 Å². The average molecular weight is 280 g/mol. The minimum Gasteiger partial charge on any atom is -0.478 e. The van der Waals surface area contributed by atoms with Gasteiger partial charge in [0.15, 0.2) is 0 Å². The predicted molar refractivity (Wildman–Crippen MR) is 81.3 cm³/mol. The fourth-order valence-corrected chi connectivity index (χ4v) is 1.92. The molecule has 112 valence electrons. The molecular weight excluding hydrogens is 256 g/mol. The van der Waals surface area contributed by atoms with Gasteiger partial charge in [-0.15, -0.1) is 0 Å². The van der Waals surface area contributed by atoms with Gasteiger partial charge in [-0.05, 0) is 37.5 Å². The maximum atomic E-state index is 11.2. The van der Waals surface area contributed by atoms with Crippen LogP contribution in [0.2, 0.25) is 0 Å². The number of ether oxygens (including phenoxy) is 1. The van der Waals surface area contributed by atoms with Gasteiger partial charge in [-0.25, -0.2) is 4.79 Å². The van der Waals surface area contributed by atoms with Crippen LogP contribution in [-0.4, -0.2) is 30.3 Å². The Labute approximate surface area is 120 Å². The minimum absolute atomic E-state index is 0.125. The molecule has 0 aliphatic rings. The second-order valence-corrected chi connectivity index (χ2v) is 5.21.